The van der Waals surface area contributed by atoms with Crippen LogP contribution in [-0.4, -0.2) is 74.9 Å². The van der Waals surface area contributed by atoms with E-state index in [1.807, 2.05) is 0 Å². The second kappa shape index (κ2) is 11.0. The normalized spacial score (nSPS) is 4.17. The monoisotopic (exact) mass is 232 g/mol. The van der Waals surface area contributed by atoms with Crippen LogP contribution in [-0.2, 0) is 4.79 Å². The van der Waals surface area contributed by atoms with Crippen molar-refractivity contribution in [3.63, 3.8) is 0 Å². The van der Waals surface area contributed by atoms with Crippen molar-refractivity contribution in [2.75, 3.05) is 0 Å². The zero-order valence-corrected chi connectivity index (χ0v) is 6.44. The van der Waals surface area contributed by atoms with E-state index in [-0.39, 0.29) is 120 Å². The molecule has 0 aromatic rings. The molecule has 0 fully saturated rings. The Labute approximate surface area is 138 Å². The predicted molar refractivity (Wildman–Crippen MR) is 17.8 cm³/mol. The maximum absolute atomic E-state index is 8.89. The van der Waals surface area contributed by atoms with E-state index in [1.165, 1.54) is 0 Å². The Morgan fingerprint density at radius 1 is 1.67 bits per heavy atom. The first-order valence-corrected chi connectivity index (χ1v) is 0.908. The molecular weight excluding hydrogens is 228 g/mol. The molecule has 0 unspecified atom stereocenters. The summed E-state index contributed by atoms with van der Waals surface area (Å²) in [7, 11) is 0. The van der Waals surface area contributed by atoms with E-state index in [2.05, 4.69) is 0 Å². The molecule has 0 aliphatic heterocycles. The molecule has 26 valence electrons. The number of carboxylic acid groups (broad SMARTS) is 1. The number of hydrogen-bond acceptors (Lipinski definition) is 2. The molecule has 0 radical (unpaired) electrons. The van der Waals surface area contributed by atoms with Gasteiger partial charge >= 0.3 is 120 Å². The van der Waals surface area contributed by atoms with Crippen LogP contribution in [0.25, 0.3) is 0 Å². The summed E-state index contributed by atoms with van der Waals surface area (Å²) in [5, 5.41) is 8.89. The van der Waals surface area contributed by atoms with E-state index in [0.29, 0.717) is 0 Å². The van der Waals surface area contributed by atoms with Gasteiger partial charge in [0.1, 0.15) is 0 Å². The minimum atomic E-state index is -1.08. The molecule has 0 amide bonds. The molecule has 0 saturated carbocycles. The Morgan fingerprint density at radius 3 is 1.67 bits per heavy atom. The zero-order chi connectivity index (χ0) is 3.58. The molecule has 0 bridgehead atoms. The van der Waals surface area contributed by atoms with Crippen LogP contribution >= 0.6 is 0 Å². The van der Waals surface area contributed by atoms with Crippen LogP contribution in [0, 0.1) is 0 Å². The fourth-order valence-electron chi connectivity index (χ4n) is 0. The van der Waals surface area contributed by atoms with Crippen LogP contribution in [0.5, 0.6) is 0 Å². The van der Waals surface area contributed by atoms with Crippen LogP contribution in [0.1, 0.15) is 6.92 Å². The molecular formula is C2H4CsKO2. The Balaban J connectivity index is -0.0000000450. The van der Waals surface area contributed by atoms with Crippen molar-refractivity contribution in [2.24, 2.45) is 0 Å². The molecule has 0 N–H and O–H groups in total. The standard InChI is InChI=1S/C2H4O2.Cs.K.H/c1-2(3)4;;;/h1H3,(H,3,4);;;/q;;+1;/p-1. The molecule has 0 spiro atoms. The average Bonchev–Trinajstić information content (AvgIpc) is 0.811. The third-order valence-corrected chi connectivity index (χ3v) is 0. The molecule has 0 aliphatic rings. The van der Waals surface area contributed by atoms with Crippen LogP contribution in [0.4, 0.5) is 0 Å². The van der Waals surface area contributed by atoms with Gasteiger partial charge in [-0.1, -0.05) is 0 Å². The number of rotatable bonds is 0. The summed E-state index contributed by atoms with van der Waals surface area (Å²) < 4.78 is 0. The largest absolute Gasteiger partial charge is 1.00 e. The Hall–Kier alpha value is 3.16. The first kappa shape index (κ1) is 16.1. The van der Waals surface area contributed by atoms with Crippen molar-refractivity contribution in [1.82, 2.24) is 0 Å². The molecule has 0 rings (SSSR count). The summed E-state index contributed by atoms with van der Waals surface area (Å²) >= 11 is 0. The van der Waals surface area contributed by atoms with E-state index in [0.717, 1.165) is 6.92 Å². The van der Waals surface area contributed by atoms with Gasteiger partial charge in [-0.3, -0.25) is 0 Å². The third kappa shape index (κ3) is 27.2. The van der Waals surface area contributed by atoms with Crippen LogP contribution in [0.3, 0.4) is 0 Å². The Bertz CT molecular complexity index is 34.5. The first-order valence-electron chi connectivity index (χ1n) is 0.908. The number of aliphatic carboxylic acids is 1. The molecule has 0 saturated heterocycles. The summed E-state index contributed by atoms with van der Waals surface area (Å²) in [6.45, 7) is 0.972. The van der Waals surface area contributed by atoms with Gasteiger partial charge in [0.05, 0.1) is 0 Å². The van der Waals surface area contributed by atoms with E-state index < -0.39 is 5.97 Å². The van der Waals surface area contributed by atoms with Crippen molar-refractivity contribution in [3.05, 3.63) is 0 Å². The Kier molecular flexibility index (Phi) is 29.5. The number of carboxylic acids is 1. The second-order valence-corrected chi connectivity index (χ2v) is 0.492. The summed E-state index contributed by atoms with van der Waals surface area (Å²) in [6.07, 6.45) is 0. The van der Waals surface area contributed by atoms with Crippen LogP contribution in [0.15, 0.2) is 0 Å². The summed E-state index contributed by atoms with van der Waals surface area (Å²) in [5.74, 6) is -1.08. The summed E-state index contributed by atoms with van der Waals surface area (Å²) in [5.41, 5.74) is 0. The SMILES string of the molecule is CC(=O)[O-].[CsH].[K+]. The zero-order valence-electron chi connectivity index (χ0n) is 3.32. The average molecular weight is 232 g/mol. The van der Waals surface area contributed by atoms with Crippen molar-refractivity contribution in [1.29, 1.82) is 0 Å². The van der Waals surface area contributed by atoms with Gasteiger partial charge in [0, 0.05) is 5.97 Å². The third-order valence-electron chi connectivity index (χ3n) is 0. The van der Waals surface area contributed by atoms with Gasteiger partial charge in [-0.15, -0.1) is 0 Å². The van der Waals surface area contributed by atoms with E-state index in [4.69, 9.17) is 9.90 Å². The molecule has 0 atom stereocenters. The molecule has 0 heterocycles. The quantitative estimate of drug-likeness (QED) is 0.393. The minimum absolute atomic E-state index is 0. The molecule has 0 aromatic heterocycles. The molecule has 6 heavy (non-hydrogen) atoms. The van der Waals surface area contributed by atoms with Crippen molar-refractivity contribution in [3.8, 4) is 0 Å². The van der Waals surface area contributed by atoms with Crippen molar-refractivity contribution < 1.29 is 61.3 Å². The van der Waals surface area contributed by atoms with E-state index >= 15 is 0 Å². The second-order valence-electron chi connectivity index (χ2n) is 0.492. The van der Waals surface area contributed by atoms with Gasteiger partial charge in [-0.25, -0.2) is 0 Å². The van der Waals surface area contributed by atoms with Gasteiger partial charge in [0.2, 0.25) is 0 Å². The molecule has 0 aromatic carbocycles. The van der Waals surface area contributed by atoms with Crippen LogP contribution in [0.2, 0.25) is 0 Å². The van der Waals surface area contributed by atoms with Gasteiger partial charge in [-0.2, -0.15) is 0 Å². The molecule has 4 heteroatoms. The minimum Gasteiger partial charge on any atom is 1.00 e. The van der Waals surface area contributed by atoms with E-state index in [1.54, 1.807) is 0 Å². The molecule has 2 nitrogen and oxygen atoms in total. The van der Waals surface area contributed by atoms with Crippen LogP contribution < -0.4 is 56.5 Å². The number of carbonyl (C=O) groups is 1. The first-order chi connectivity index (χ1) is 1.73. The fourth-order valence-corrected chi connectivity index (χ4v) is 0. The maximum atomic E-state index is 8.89. The van der Waals surface area contributed by atoms with Gasteiger partial charge in [0.15, 0.2) is 0 Å². The van der Waals surface area contributed by atoms with Gasteiger partial charge < -0.3 is 9.90 Å². The maximum Gasteiger partial charge on any atom is 1.00 e. The van der Waals surface area contributed by atoms with Crippen molar-refractivity contribution in [2.45, 2.75) is 6.92 Å². The van der Waals surface area contributed by atoms with Gasteiger partial charge in [0.25, 0.3) is 0 Å². The molecule has 0 aliphatic carbocycles. The summed E-state index contributed by atoms with van der Waals surface area (Å²) in [6, 6.07) is 0. The fraction of sp³-hybridized carbons (Fsp3) is 0.500. The number of hydrogen-bond donors (Lipinski definition) is 0. The number of carbonyl (C=O) groups excluding carboxylic acids is 1. The van der Waals surface area contributed by atoms with Crippen molar-refractivity contribution >= 4 is 74.9 Å². The topological polar surface area (TPSA) is 40.1 Å². The Morgan fingerprint density at radius 2 is 1.67 bits per heavy atom. The summed E-state index contributed by atoms with van der Waals surface area (Å²) in [4.78, 5) is 8.89. The predicted octanol–water partition coefficient (Wildman–Crippen LogP) is -4.89. The smallest absolute Gasteiger partial charge is 1.00 e. The van der Waals surface area contributed by atoms with E-state index in [9.17, 15) is 0 Å². The van der Waals surface area contributed by atoms with Gasteiger partial charge in [-0.05, 0) is 6.92 Å².